The Kier molecular flexibility index (Phi) is 4.84. The van der Waals surface area contributed by atoms with Crippen LogP contribution in [0.5, 0.6) is 0 Å². The normalized spacial score (nSPS) is 18.5. The standard InChI is InChI=1S/C18H25N3/c19-21-18(11-14-7-3-1-2-4-8-14)17-13-20-12-15-9-5-6-10-16(15)17/h5-6,9-10,12-14,18,21H,1-4,7-8,11,19H2. The fourth-order valence-electron chi connectivity index (χ4n) is 3.64. The predicted octanol–water partition coefficient (Wildman–Crippen LogP) is 4.10. The van der Waals surface area contributed by atoms with Crippen molar-refractivity contribution in [3.63, 3.8) is 0 Å². The summed E-state index contributed by atoms with van der Waals surface area (Å²) in [6, 6.07) is 8.64. The van der Waals surface area contributed by atoms with Crippen molar-refractivity contribution in [2.45, 2.75) is 51.0 Å². The van der Waals surface area contributed by atoms with Gasteiger partial charge in [-0.25, -0.2) is 0 Å². The molecule has 0 aliphatic heterocycles. The van der Waals surface area contributed by atoms with Gasteiger partial charge in [0.05, 0.1) is 0 Å². The van der Waals surface area contributed by atoms with Crippen LogP contribution in [0.4, 0.5) is 0 Å². The molecule has 1 aromatic carbocycles. The van der Waals surface area contributed by atoms with E-state index in [0.717, 1.165) is 12.3 Å². The highest BCUT2D eigenvalue weighted by Gasteiger charge is 2.20. The number of fused-ring (bicyclic) bond motifs is 1. The second kappa shape index (κ2) is 7.01. The van der Waals surface area contributed by atoms with Gasteiger partial charge in [-0.2, -0.15) is 0 Å². The Morgan fingerprint density at radius 1 is 1.10 bits per heavy atom. The summed E-state index contributed by atoms with van der Waals surface area (Å²) in [6.07, 6.45) is 13.2. The largest absolute Gasteiger partial charge is 0.271 e. The van der Waals surface area contributed by atoms with Crippen LogP contribution < -0.4 is 11.3 Å². The van der Waals surface area contributed by atoms with Crippen molar-refractivity contribution in [2.75, 3.05) is 0 Å². The molecule has 21 heavy (non-hydrogen) atoms. The van der Waals surface area contributed by atoms with Gasteiger partial charge in [-0.1, -0.05) is 62.8 Å². The van der Waals surface area contributed by atoms with Crippen LogP contribution in [-0.2, 0) is 0 Å². The number of hydrogen-bond acceptors (Lipinski definition) is 3. The molecule has 1 aliphatic carbocycles. The molecule has 1 aliphatic rings. The van der Waals surface area contributed by atoms with Gasteiger partial charge in [0.2, 0.25) is 0 Å². The average Bonchev–Trinajstić information content (AvgIpc) is 2.81. The number of pyridine rings is 1. The molecule has 1 heterocycles. The van der Waals surface area contributed by atoms with Crippen LogP contribution in [0.15, 0.2) is 36.7 Å². The molecule has 1 unspecified atom stereocenters. The minimum Gasteiger partial charge on any atom is -0.271 e. The fraction of sp³-hybridized carbons (Fsp3) is 0.500. The molecular formula is C18H25N3. The summed E-state index contributed by atoms with van der Waals surface area (Å²) in [5.41, 5.74) is 4.27. The van der Waals surface area contributed by atoms with Gasteiger partial charge >= 0.3 is 0 Å². The molecule has 1 atom stereocenters. The van der Waals surface area contributed by atoms with E-state index in [-0.39, 0.29) is 6.04 Å². The van der Waals surface area contributed by atoms with Crippen molar-refractivity contribution >= 4 is 10.8 Å². The van der Waals surface area contributed by atoms with Crippen molar-refractivity contribution in [3.8, 4) is 0 Å². The minimum atomic E-state index is 0.201. The number of nitrogens with zero attached hydrogens (tertiary/aromatic N) is 1. The first kappa shape index (κ1) is 14.5. The first-order valence-corrected chi connectivity index (χ1v) is 8.17. The second-order valence-corrected chi connectivity index (χ2v) is 6.26. The topological polar surface area (TPSA) is 50.9 Å². The Bertz CT molecular complexity index is 568. The number of rotatable bonds is 4. The summed E-state index contributed by atoms with van der Waals surface area (Å²) in [4.78, 5) is 4.40. The Hall–Kier alpha value is -1.45. The minimum absolute atomic E-state index is 0.201. The van der Waals surface area contributed by atoms with E-state index >= 15 is 0 Å². The van der Waals surface area contributed by atoms with Crippen LogP contribution in [0.3, 0.4) is 0 Å². The van der Waals surface area contributed by atoms with Gasteiger partial charge in [-0.3, -0.25) is 16.3 Å². The van der Waals surface area contributed by atoms with E-state index in [1.807, 2.05) is 12.4 Å². The number of hydrogen-bond donors (Lipinski definition) is 2. The SMILES string of the molecule is NNC(CC1CCCCCC1)c1cncc2ccccc12. The highest BCUT2D eigenvalue weighted by Crippen LogP contribution is 2.32. The highest BCUT2D eigenvalue weighted by molar-refractivity contribution is 5.85. The molecule has 0 amide bonds. The van der Waals surface area contributed by atoms with Crippen molar-refractivity contribution in [1.29, 1.82) is 0 Å². The molecule has 1 fully saturated rings. The van der Waals surface area contributed by atoms with Gasteiger partial charge in [0.1, 0.15) is 0 Å². The van der Waals surface area contributed by atoms with Crippen LogP contribution in [0.1, 0.15) is 56.6 Å². The van der Waals surface area contributed by atoms with E-state index in [1.54, 1.807) is 0 Å². The monoisotopic (exact) mass is 283 g/mol. The molecule has 0 spiro atoms. The summed E-state index contributed by atoms with van der Waals surface area (Å²) in [5, 5.41) is 2.46. The predicted molar refractivity (Wildman–Crippen MR) is 87.6 cm³/mol. The van der Waals surface area contributed by atoms with Crippen molar-refractivity contribution in [3.05, 3.63) is 42.2 Å². The third kappa shape index (κ3) is 3.42. The molecule has 3 rings (SSSR count). The summed E-state index contributed by atoms with van der Waals surface area (Å²) in [7, 11) is 0. The van der Waals surface area contributed by atoms with Gasteiger partial charge in [-0.05, 0) is 23.3 Å². The summed E-state index contributed by atoms with van der Waals surface area (Å²) < 4.78 is 0. The number of nitrogens with one attached hydrogen (secondary N) is 1. The first-order chi connectivity index (χ1) is 10.4. The zero-order valence-corrected chi connectivity index (χ0v) is 12.6. The number of nitrogens with two attached hydrogens (primary N) is 1. The third-order valence-electron chi connectivity index (χ3n) is 4.82. The zero-order valence-electron chi connectivity index (χ0n) is 12.6. The lowest BCUT2D eigenvalue weighted by atomic mass is 9.89. The van der Waals surface area contributed by atoms with E-state index in [2.05, 4.69) is 34.7 Å². The molecule has 1 aromatic heterocycles. The van der Waals surface area contributed by atoms with Crippen LogP contribution in [0.25, 0.3) is 10.8 Å². The van der Waals surface area contributed by atoms with Crippen LogP contribution in [0, 0.1) is 5.92 Å². The van der Waals surface area contributed by atoms with Crippen molar-refractivity contribution in [1.82, 2.24) is 10.4 Å². The van der Waals surface area contributed by atoms with Gasteiger partial charge in [-0.15, -0.1) is 0 Å². The number of hydrazine groups is 1. The molecular weight excluding hydrogens is 258 g/mol. The highest BCUT2D eigenvalue weighted by atomic mass is 15.2. The van der Waals surface area contributed by atoms with E-state index in [1.165, 1.54) is 54.9 Å². The van der Waals surface area contributed by atoms with Gasteiger partial charge in [0.15, 0.2) is 0 Å². The Labute approximate surface area is 126 Å². The zero-order chi connectivity index (χ0) is 14.5. The maximum atomic E-state index is 5.87. The second-order valence-electron chi connectivity index (χ2n) is 6.26. The quantitative estimate of drug-likeness (QED) is 0.504. The fourth-order valence-corrected chi connectivity index (χ4v) is 3.64. The summed E-state index contributed by atoms with van der Waals surface area (Å²) in [6.45, 7) is 0. The molecule has 0 saturated heterocycles. The molecule has 1 saturated carbocycles. The lowest BCUT2D eigenvalue weighted by Crippen LogP contribution is -2.30. The number of benzene rings is 1. The Morgan fingerprint density at radius 3 is 2.62 bits per heavy atom. The van der Waals surface area contributed by atoms with E-state index in [4.69, 9.17) is 5.84 Å². The van der Waals surface area contributed by atoms with Crippen LogP contribution >= 0.6 is 0 Å². The summed E-state index contributed by atoms with van der Waals surface area (Å²) >= 11 is 0. The Morgan fingerprint density at radius 2 is 1.86 bits per heavy atom. The van der Waals surface area contributed by atoms with Crippen molar-refractivity contribution in [2.24, 2.45) is 11.8 Å². The maximum Gasteiger partial charge on any atom is 0.0484 e. The number of aromatic nitrogens is 1. The smallest absolute Gasteiger partial charge is 0.0484 e. The molecule has 0 radical (unpaired) electrons. The van der Waals surface area contributed by atoms with E-state index in [9.17, 15) is 0 Å². The molecule has 3 nitrogen and oxygen atoms in total. The molecule has 3 heteroatoms. The maximum absolute atomic E-state index is 5.87. The van der Waals surface area contributed by atoms with E-state index < -0.39 is 0 Å². The van der Waals surface area contributed by atoms with Crippen LogP contribution in [0.2, 0.25) is 0 Å². The lowest BCUT2D eigenvalue weighted by Gasteiger charge is -2.23. The summed E-state index contributed by atoms with van der Waals surface area (Å²) in [5.74, 6) is 6.66. The van der Waals surface area contributed by atoms with Crippen LogP contribution in [-0.4, -0.2) is 4.98 Å². The third-order valence-corrected chi connectivity index (χ3v) is 4.82. The van der Waals surface area contributed by atoms with Gasteiger partial charge in [0, 0.05) is 23.8 Å². The van der Waals surface area contributed by atoms with Gasteiger partial charge < -0.3 is 0 Å². The van der Waals surface area contributed by atoms with E-state index in [0.29, 0.717) is 0 Å². The molecule has 0 bridgehead atoms. The molecule has 112 valence electrons. The molecule has 2 aromatic rings. The lowest BCUT2D eigenvalue weighted by molar-refractivity contribution is 0.360. The van der Waals surface area contributed by atoms with Crippen molar-refractivity contribution < 1.29 is 0 Å². The Balaban J connectivity index is 1.84. The average molecular weight is 283 g/mol. The van der Waals surface area contributed by atoms with Gasteiger partial charge in [0.25, 0.3) is 0 Å². The first-order valence-electron chi connectivity index (χ1n) is 8.17. The molecule has 3 N–H and O–H groups in total.